The third-order valence-electron chi connectivity index (χ3n) is 6.11. The highest BCUT2D eigenvalue weighted by molar-refractivity contribution is 5.81. The van der Waals surface area contributed by atoms with E-state index in [1.165, 1.54) is 16.7 Å². The van der Waals surface area contributed by atoms with Gasteiger partial charge in [-0.2, -0.15) is 0 Å². The zero-order valence-corrected chi connectivity index (χ0v) is 14.2. The van der Waals surface area contributed by atoms with E-state index in [4.69, 9.17) is 9.47 Å². The number of likely N-dealkylation sites (tertiary alicyclic amines) is 1. The molecule has 1 amide bonds. The van der Waals surface area contributed by atoms with Gasteiger partial charge in [0.2, 0.25) is 5.91 Å². The number of benzene rings is 1. The molecule has 1 aromatic carbocycles. The van der Waals surface area contributed by atoms with Crippen molar-refractivity contribution in [1.82, 2.24) is 4.90 Å². The smallest absolute Gasteiger partial charge is 0.225 e. The topological polar surface area (TPSA) is 38.8 Å². The van der Waals surface area contributed by atoms with Gasteiger partial charge in [0.25, 0.3) is 0 Å². The van der Waals surface area contributed by atoms with Crippen molar-refractivity contribution in [2.24, 2.45) is 11.8 Å². The van der Waals surface area contributed by atoms with Crippen LogP contribution in [0.3, 0.4) is 0 Å². The molecule has 1 aliphatic carbocycles. The van der Waals surface area contributed by atoms with Crippen LogP contribution in [-0.4, -0.2) is 37.1 Å². The molecule has 128 valence electrons. The molecule has 0 N–H and O–H groups in total. The maximum absolute atomic E-state index is 12.2. The monoisotopic (exact) mass is 327 g/mol. The number of hydrogen-bond acceptors (Lipinski definition) is 3. The van der Waals surface area contributed by atoms with Crippen LogP contribution < -0.4 is 9.47 Å². The van der Waals surface area contributed by atoms with Crippen molar-refractivity contribution in [1.29, 1.82) is 0 Å². The van der Waals surface area contributed by atoms with Gasteiger partial charge in [0.1, 0.15) is 11.5 Å². The minimum atomic E-state index is 0.354. The molecular formula is C20H25NO3. The van der Waals surface area contributed by atoms with E-state index in [1.807, 2.05) is 0 Å². The van der Waals surface area contributed by atoms with Crippen molar-refractivity contribution in [3.05, 3.63) is 22.8 Å². The summed E-state index contributed by atoms with van der Waals surface area (Å²) in [6.07, 6.45) is 7.57. The predicted molar refractivity (Wildman–Crippen MR) is 90.6 cm³/mol. The minimum absolute atomic E-state index is 0.354. The zero-order valence-electron chi connectivity index (χ0n) is 14.2. The van der Waals surface area contributed by atoms with Crippen LogP contribution in [0.25, 0.3) is 0 Å². The molecule has 0 unspecified atom stereocenters. The molecule has 24 heavy (non-hydrogen) atoms. The minimum Gasteiger partial charge on any atom is -0.493 e. The van der Waals surface area contributed by atoms with Crippen LogP contribution in [0.1, 0.15) is 42.4 Å². The number of nitrogens with zero attached hydrogens (tertiary/aromatic N) is 1. The Kier molecular flexibility index (Phi) is 3.46. The van der Waals surface area contributed by atoms with Gasteiger partial charge < -0.3 is 14.4 Å². The lowest BCUT2D eigenvalue weighted by molar-refractivity contribution is -0.133. The average Bonchev–Trinajstić information content (AvgIpc) is 3.16. The average molecular weight is 327 g/mol. The Hall–Kier alpha value is -1.71. The lowest BCUT2D eigenvalue weighted by Gasteiger charge is -2.32. The summed E-state index contributed by atoms with van der Waals surface area (Å²) in [5.74, 6) is 3.67. The quantitative estimate of drug-likeness (QED) is 0.857. The molecule has 3 heterocycles. The van der Waals surface area contributed by atoms with E-state index < -0.39 is 0 Å². The van der Waals surface area contributed by atoms with Crippen molar-refractivity contribution in [2.75, 3.05) is 26.3 Å². The van der Waals surface area contributed by atoms with E-state index in [0.717, 1.165) is 82.7 Å². The molecular weight excluding hydrogens is 302 g/mol. The van der Waals surface area contributed by atoms with E-state index in [-0.39, 0.29) is 0 Å². The van der Waals surface area contributed by atoms with Crippen LogP contribution in [0.15, 0.2) is 6.07 Å². The third-order valence-corrected chi connectivity index (χ3v) is 6.11. The SMILES string of the molecule is O=C(C1CC1)N1CCC(Cc2c3c(cc4c2OCC4)OCC3)CC1. The number of carbonyl (C=O) groups excluding carboxylic acids is 1. The summed E-state index contributed by atoms with van der Waals surface area (Å²) in [7, 11) is 0. The van der Waals surface area contributed by atoms with Crippen LogP contribution in [0.4, 0.5) is 0 Å². The van der Waals surface area contributed by atoms with Crippen LogP contribution >= 0.6 is 0 Å². The number of amides is 1. The Morgan fingerprint density at radius 2 is 1.88 bits per heavy atom. The molecule has 3 aliphatic heterocycles. The Bertz CT molecular complexity index is 640. The molecule has 0 aromatic heterocycles. The highest BCUT2D eigenvalue weighted by Gasteiger charge is 2.35. The van der Waals surface area contributed by atoms with Crippen molar-refractivity contribution in [3.8, 4) is 11.5 Å². The van der Waals surface area contributed by atoms with Gasteiger partial charge in [-0.05, 0) is 44.1 Å². The largest absolute Gasteiger partial charge is 0.493 e. The number of piperidine rings is 1. The fourth-order valence-corrected chi connectivity index (χ4v) is 4.54. The zero-order chi connectivity index (χ0) is 16.1. The van der Waals surface area contributed by atoms with Gasteiger partial charge in [0.15, 0.2) is 0 Å². The van der Waals surface area contributed by atoms with E-state index in [9.17, 15) is 4.79 Å². The highest BCUT2D eigenvalue weighted by atomic mass is 16.5. The summed E-state index contributed by atoms with van der Waals surface area (Å²) in [4.78, 5) is 14.3. The summed E-state index contributed by atoms with van der Waals surface area (Å²) >= 11 is 0. The lowest BCUT2D eigenvalue weighted by Crippen LogP contribution is -2.39. The fourth-order valence-electron chi connectivity index (χ4n) is 4.54. The van der Waals surface area contributed by atoms with Crippen molar-refractivity contribution in [2.45, 2.75) is 44.9 Å². The van der Waals surface area contributed by atoms with E-state index in [0.29, 0.717) is 17.7 Å². The predicted octanol–water partition coefficient (Wildman–Crippen LogP) is 2.75. The van der Waals surface area contributed by atoms with Crippen LogP contribution in [0.5, 0.6) is 11.5 Å². The molecule has 1 saturated carbocycles. The first-order chi connectivity index (χ1) is 11.8. The first-order valence-corrected chi connectivity index (χ1v) is 9.51. The first kappa shape index (κ1) is 14.6. The van der Waals surface area contributed by atoms with Crippen molar-refractivity contribution < 1.29 is 14.3 Å². The van der Waals surface area contributed by atoms with Crippen molar-refractivity contribution >= 4 is 5.91 Å². The molecule has 0 bridgehead atoms. The third kappa shape index (κ3) is 2.47. The molecule has 1 saturated heterocycles. The summed E-state index contributed by atoms with van der Waals surface area (Å²) in [6, 6.07) is 2.20. The van der Waals surface area contributed by atoms with Gasteiger partial charge in [-0.1, -0.05) is 0 Å². The Labute approximate surface area is 143 Å². The molecule has 1 aromatic rings. The standard InChI is InChI=1S/C20H25NO3/c22-20(14-1-2-14)21-7-3-13(4-8-21)11-17-16-6-10-23-18(16)12-15-5-9-24-19(15)17/h12-14H,1-11H2. The summed E-state index contributed by atoms with van der Waals surface area (Å²) in [6.45, 7) is 3.49. The van der Waals surface area contributed by atoms with Gasteiger partial charge >= 0.3 is 0 Å². The summed E-state index contributed by atoms with van der Waals surface area (Å²) in [5, 5.41) is 0. The molecule has 2 fully saturated rings. The molecule has 0 radical (unpaired) electrons. The second kappa shape index (κ2) is 5.68. The second-order valence-corrected chi connectivity index (χ2v) is 7.76. The Balaban J connectivity index is 1.31. The number of hydrogen-bond donors (Lipinski definition) is 0. The number of carbonyl (C=O) groups is 1. The number of ether oxygens (including phenoxy) is 2. The molecule has 4 heteroatoms. The van der Waals surface area contributed by atoms with E-state index in [2.05, 4.69) is 11.0 Å². The molecule has 4 nitrogen and oxygen atoms in total. The van der Waals surface area contributed by atoms with Gasteiger partial charge in [0, 0.05) is 48.5 Å². The van der Waals surface area contributed by atoms with E-state index >= 15 is 0 Å². The van der Waals surface area contributed by atoms with E-state index in [1.54, 1.807) is 0 Å². The highest BCUT2D eigenvalue weighted by Crippen LogP contribution is 2.42. The normalized spacial score (nSPS) is 22.8. The summed E-state index contributed by atoms with van der Waals surface area (Å²) < 4.78 is 11.8. The Morgan fingerprint density at radius 3 is 2.67 bits per heavy atom. The Morgan fingerprint density at radius 1 is 1.08 bits per heavy atom. The van der Waals surface area contributed by atoms with Gasteiger partial charge in [-0.25, -0.2) is 0 Å². The van der Waals surface area contributed by atoms with Crippen LogP contribution in [-0.2, 0) is 24.1 Å². The van der Waals surface area contributed by atoms with Gasteiger partial charge in [0.05, 0.1) is 13.2 Å². The number of rotatable bonds is 3. The molecule has 0 spiro atoms. The first-order valence-electron chi connectivity index (χ1n) is 9.51. The maximum atomic E-state index is 12.2. The van der Waals surface area contributed by atoms with Gasteiger partial charge in [-0.15, -0.1) is 0 Å². The molecule has 0 atom stereocenters. The second-order valence-electron chi connectivity index (χ2n) is 7.76. The lowest BCUT2D eigenvalue weighted by atomic mass is 9.86. The van der Waals surface area contributed by atoms with Crippen LogP contribution in [0.2, 0.25) is 0 Å². The maximum Gasteiger partial charge on any atom is 0.225 e. The van der Waals surface area contributed by atoms with Crippen LogP contribution in [0, 0.1) is 11.8 Å². The molecule has 4 aliphatic rings. The number of fused-ring (bicyclic) bond motifs is 2. The fraction of sp³-hybridized carbons (Fsp3) is 0.650. The van der Waals surface area contributed by atoms with Crippen molar-refractivity contribution in [3.63, 3.8) is 0 Å². The summed E-state index contributed by atoms with van der Waals surface area (Å²) in [5.41, 5.74) is 4.11. The molecule has 5 rings (SSSR count). The van der Waals surface area contributed by atoms with Gasteiger partial charge in [-0.3, -0.25) is 4.79 Å².